The smallest absolute Gasteiger partial charge is 0.00104 e. The lowest BCUT2D eigenvalue weighted by molar-refractivity contribution is 0.348. The normalized spacial score (nSPS) is 13.3. The van der Waals surface area contributed by atoms with Crippen molar-refractivity contribution in [3.05, 3.63) is 34.4 Å². The highest BCUT2D eigenvalue weighted by Crippen LogP contribution is 2.23. The number of rotatable bonds is 6. The van der Waals surface area contributed by atoms with Gasteiger partial charge in [-0.2, -0.15) is 0 Å². The predicted molar refractivity (Wildman–Crippen MR) is 85.8 cm³/mol. The van der Waals surface area contributed by atoms with Crippen LogP contribution >= 0.6 is 0 Å². The van der Waals surface area contributed by atoms with Gasteiger partial charge >= 0.3 is 0 Å². The topological polar surface area (TPSA) is 12.0 Å². The molecule has 0 saturated heterocycles. The molecule has 0 aromatic heterocycles. The molecule has 0 heterocycles. The van der Waals surface area contributed by atoms with Crippen molar-refractivity contribution in [1.82, 2.24) is 5.32 Å². The molecule has 108 valence electrons. The van der Waals surface area contributed by atoms with Gasteiger partial charge in [0.15, 0.2) is 0 Å². The highest BCUT2D eigenvalue weighted by molar-refractivity contribution is 5.37. The molecule has 0 spiro atoms. The zero-order valence-corrected chi connectivity index (χ0v) is 13.8. The average Bonchev–Trinajstić information content (AvgIpc) is 2.25. The Morgan fingerprint density at radius 1 is 0.947 bits per heavy atom. The molecule has 1 unspecified atom stereocenters. The van der Waals surface area contributed by atoms with E-state index in [1.165, 1.54) is 23.1 Å². The Kier molecular flexibility index (Phi) is 6.06. The summed E-state index contributed by atoms with van der Waals surface area (Å²) in [6.45, 7) is 16.9. The summed E-state index contributed by atoms with van der Waals surface area (Å²) in [5, 5.41) is 3.60. The second-order valence-corrected chi connectivity index (χ2v) is 6.65. The quantitative estimate of drug-likeness (QED) is 0.799. The van der Waals surface area contributed by atoms with E-state index >= 15 is 0 Å². The van der Waals surface area contributed by atoms with Gasteiger partial charge in [-0.15, -0.1) is 0 Å². The van der Waals surface area contributed by atoms with Crippen molar-refractivity contribution in [1.29, 1.82) is 0 Å². The third-order valence-electron chi connectivity index (χ3n) is 4.04. The molecule has 1 nitrogen and oxygen atoms in total. The van der Waals surface area contributed by atoms with Crippen LogP contribution < -0.4 is 5.32 Å². The Morgan fingerprint density at radius 2 is 1.47 bits per heavy atom. The zero-order valence-electron chi connectivity index (χ0n) is 13.8. The van der Waals surface area contributed by atoms with Gasteiger partial charge in [-0.25, -0.2) is 0 Å². The SMILES string of the molecule is Cc1cc(C)c(CC(CNC(C)C)C(C)C)c(C)c1. The minimum absolute atomic E-state index is 0.571. The summed E-state index contributed by atoms with van der Waals surface area (Å²) in [7, 11) is 0. The molecule has 0 fully saturated rings. The largest absolute Gasteiger partial charge is 0.314 e. The van der Waals surface area contributed by atoms with Gasteiger partial charge in [0.25, 0.3) is 0 Å². The summed E-state index contributed by atoms with van der Waals surface area (Å²) >= 11 is 0. The van der Waals surface area contributed by atoms with Crippen molar-refractivity contribution < 1.29 is 0 Å². The molecule has 0 saturated carbocycles. The van der Waals surface area contributed by atoms with Crippen molar-refractivity contribution in [2.24, 2.45) is 11.8 Å². The van der Waals surface area contributed by atoms with Gasteiger partial charge in [0.1, 0.15) is 0 Å². The zero-order chi connectivity index (χ0) is 14.6. The van der Waals surface area contributed by atoms with Crippen LogP contribution in [0.25, 0.3) is 0 Å². The van der Waals surface area contributed by atoms with Crippen LogP contribution in [0.1, 0.15) is 49.9 Å². The third-order valence-corrected chi connectivity index (χ3v) is 4.04. The van der Waals surface area contributed by atoms with E-state index in [4.69, 9.17) is 0 Å². The Labute approximate surface area is 119 Å². The number of aryl methyl sites for hydroxylation is 3. The van der Waals surface area contributed by atoms with E-state index in [-0.39, 0.29) is 0 Å². The van der Waals surface area contributed by atoms with E-state index in [0.717, 1.165) is 6.54 Å². The second-order valence-electron chi connectivity index (χ2n) is 6.65. The van der Waals surface area contributed by atoms with Gasteiger partial charge < -0.3 is 5.32 Å². The van der Waals surface area contributed by atoms with Crippen LogP contribution in [0.5, 0.6) is 0 Å². The first kappa shape index (κ1) is 16.2. The monoisotopic (exact) mass is 261 g/mol. The maximum Gasteiger partial charge on any atom is 0.00104 e. The van der Waals surface area contributed by atoms with E-state index in [0.29, 0.717) is 17.9 Å². The number of hydrogen-bond donors (Lipinski definition) is 1. The van der Waals surface area contributed by atoms with Crippen LogP contribution in [-0.2, 0) is 6.42 Å². The first-order valence-corrected chi connectivity index (χ1v) is 7.61. The summed E-state index contributed by atoms with van der Waals surface area (Å²) in [4.78, 5) is 0. The fourth-order valence-electron chi connectivity index (χ4n) is 2.72. The highest BCUT2D eigenvalue weighted by atomic mass is 14.9. The van der Waals surface area contributed by atoms with Gasteiger partial charge in [-0.05, 0) is 62.3 Å². The molecular formula is C18H31N. The lowest BCUT2D eigenvalue weighted by Gasteiger charge is -2.25. The maximum absolute atomic E-state index is 3.60. The number of benzene rings is 1. The lowest BCUT2D eigenvalue weighted by Crippen LogP contribution is -2.32. The van der Waals surface area contributed by atoms with Gasteiger partial charge in [0, 0.05) is 6.04 Å². The third kappa shape index (κ3) is 4.99. The molecule has 0 bridgehead atoms. The first-order valence-electron chi connectivity index (χ1n) is 7.61. The summed E-state index contributed by atoms with van der Waals surface area (Å²) in [5.74, 6) is 1.42. The first-order chi connectivity index (χ1) is 8.81. The van der Waals surface area contributed by atoms with Crippen LogP contribution in [0.3, 0.4) is 0 Å². The van der Waals surface area contributed by atoms with Crippen LogP contribution in [0.2, 0.25) is 0 Å². The van der Waals surface area contributed by atoms with Gasteiger partial charge in [-0.3, -0.25) is 0 Å². The molecule has 1 heteroatoms. The van der Waals surface area contributed by atoms with E-state index in [1.807, 2.05) is 0 Å². The minimum atomic E-state index is 0.571. The molecule has 19 heavy (non-hydrogen) atoms. The van der Waals surface area contributed by atoms with E-state index < -0.39 is 0 Å². The molecule has 1 rings (SSSR count). The summed E-state index contributed by atoms with van der Waals surface area (Å²) < 4.78 is 0. The highest BCUT2D eigenvalue weighted by Gasteiger charge is 2.16. The Balaban J connectivity index is 2.85. The molecule has 0 aliphatic carbocycles. The molecule has 0 amide bonds. The van der Waals surface area contributed by atoms with Crippen LogP contribution in [0, 0.1) is 32.6 Å². The number of hydrogen-bond acceptors (Lipinski definition) is 1. The molecule has 0 aliphatic rings. The fraction of sp³-hybridized carbons (Fsp3) is 0.667. The second kappa shape index (κ2) is 7.09. The van der Waals surface area contributed by atoms with Crippen molar-refractivity contribution in [2.75, 3.05) is 6.54 Å². The van der Waals surface area contributed by atoms with Crippen LogP contribution in [-0.4, -0.2) is 12.6 Å². The van der Waals surface area contributed by atoms with Crippen LogP contribution in [0.4, 0.5) is 0 Å². The summed E-state index contributed by atoms with van der Waals surface area (Å²) in [5.41, 5.74) is 5.83. The van der Waals surface area contributed by atoms with Crippen LogP contribution in [0.15, 0.2) is 12.1 Å². The Morgan fingerprint density at radius 3 is 1.89 bits per heavy atom. The molecule has 1 aromatic rings. The number of nitrogens with one attached hydrogen (secondary N) is 1. The van der Waals surface area contributed by atoms with Gasteiger partial charge in [0.2, 0.25) is 0 Å². The summed E-state index contributed by atoms with van der Waals surface area (Å²) in [6.07, 6.45) is 1.19. The van der Waals surface area contributed by atoms with Crippen molar-refractivity contribution in [3.63, 3.8) is 0 Å². The Hall–Kier alpha value is -0.820. The van der Waals surface area contributed by atoms with Gasteiger partial charge in [0.05, 0.1) is 0 Å². The van der Waals surface area contributed by atoms with E-state index in [1.54, 1.807) is 5.56 Å². The predicted octanol–water partition coefficient (Wildman–Crippen LogP) is 4.42. The van der Waals surface area contributed by atoms with Crippen molar-refractivity contribution in [2.45, 2.75) is 60.9 Å². The molecule has 0 aliphatic heterocycles. The molecule has 1 N–H and O–H groups in total. The van der Waals surface area contributed by atoms with E-state index in [2.05, 4.69) is 65.9 Å². The van der Waals surface area contributed by atoms with Crippen molar-refractivity contribution in [3.8, 4) is 0 Å². The Bertz CT molecular complexity index is 381. The summed E-state index contributed by atoms with van der Waals surface area (Å²) in [6, 6.07) is 5.20. The molecule has 0 radical (unpaired) electrons. The van der Waals surface area contributed by atoms with E-state index in [9.17, 15) is 0 Å². The molecule has 1 atom stereocenters. The van der Waals surface area contributed by atoms with Crippen molar-refractivity contribution >= 4 is 0 Å². The lowest BCUT2D eigenvalue weighted by atomic mass is 9.85. The standard InChI is InChI=1S/C18H31N/c1-12(2)17(11-19-13(3)4)10-18-15(6)8-14(5)9-16(18)7/h8-9,12-13,17,19H,10-11H2,1-7H3. The maximum atomic E-state index is 3.60. The molecule has 1 aromatic carbocycles. The fourth-order valence-corrected chi connectivity index (χ4v) is 2.72. The minimum Gasteiger partial charge on any atom is -0.314 e. The molecular weight excluding hydrogens is 230 g/mol. The average molecular weight is 261 g/mol. The van der Waals surface area contributed by atoms with Gasteiger partial charge in [-0.1, -0.05) is 45.4 Å².